The molecule has 28 heavy (non-hydrogen) atoms. The molecular formula is C20H19F3N2O2S. The third-order valence-electron chi connectivity index (χ3n) is 5.18. The van der Waals surface area contributed by atoms with Crippen LogP contribution in [0.15, 0.2) is 42.5 Å². The van der Waals surface area contributed by atoms with Gasteiger partial charge < -0.3 is 20.1 Å². The van der Waals surface area contributed by atoms with E-state index in [-0.39, 0.29) is 6.79 Å². The van der Waals surface area contributed by atoms with Gasteiger partial charge in [0, 0.05) is 11.8 Å². The number of rotatable bonds is 3. The molecule has 0 spiro atoms. The first kappa shape index (κ1) is 18.9. The molecule has 4 nitrogen and oxygen atoms in total. The molecule has 0 saturated heterocycles. The fourth-order valence-corrected chi connectivity index (χ4v) is 4.12. The summed E-state index contributed by atoms with van der Waals surface area (Å²) in [5.41, 5.74) is 0.0723. The van der Waals surface area contributed by atoms with Gasteiger partial charge in [-0.05, 0) is 54.9 Å². The van der Waals surface area contributed by atoms with Crippen molar-refractivity contribution >= 4 is 23.0 Å². The van der Waals surface area contributed by atoms with Crippen LogP contribution in [0.25, 0.3) is 0 Å². The van der Waals surface area contributed by atoms with Crippen molar-refractivity contribution in [1.82, 2.24) is 5.32 Å². The van der Waals surface area contributed by atoms with Crippen LogP contribution < -0.4 is 20.1 Å². The normalized spacial score (nSPS) is 17.4. The molecule has 0 unspecified atom stereocenters. The smallest absolute Gasteiger partial charge is 0.416 e. The van der Waals surface area contributed by atoms with Crippen LogP contribution in [0.4, 0.5) is 18.9 Å². The first-order valence-electron chi connectivity index (χ1n) is 9.02. The highest BCUT2D eigenvalue weighted by Gasteiger charge is 2.38. The highest BCUT2D eigenvalue weighted by atomic mass is 32.1. The summed E-state index contributed by atoms with van der Waals surface area (Å²) in [6.45, 7) is 0.181. The zero-order chi connectivity index (χ0) is 19.8. The topological polar surface area (TPSA) is 42.5 Å². The summed E-state index contributed by atoms with van der Waals surface area (Å²) < 4.78 is 50.1. The molecule has 0 bridgehead atoms. The summed E-state index contributed by atoms with van der Waals surface area (Å²) in [5.74, 6) is 1.29. The lowest BCUT2D eigenvalue weighted by Crippen LogP contribution is -2.45. The summed E-state index contributed by atoms with van der Waals surface area (Å²) in [6.07, 6.45) is -1.08. The molecule has 1 aliphatic carbocycles. The molecule has 2 aromatic rings. The van der Waals surface area contributed by atoms with E-state index in [1.807, 2.05) is 6.07 Å². The molecular weight excluding hydrogens is 389 g/mol. The number of nitrogens with one attached hydrogen (secondary N) is 2. The molecule has 2 N–H and O–H groups in total. The van der Waals surface area contributed by atoms with Gasteiger partial charge in [0.1, 0.15) is 0 Å². The number of halogens is 3. The van der Waals surface area contributed by atoms with E-state index in [4.69, 9.17) is 21.7 Å². The van der Waals surface area contributed by atoms with Crippen molar-refractivity contribution in [3.8, 4) is 11.5 Å². The Morgan fingerprint density at radius 3 is 2.50 bits per heavy atom. The van der Waals surface area contributed by atoms with Crippen LogP contribution in [0.5, 0.6) is 11.5 Å². The standard InChI is InChI=1S/C20H19F3N2O2S/c21-20(22,23)14-5-3-4-13(10-14)19(8-1-2-9-19)25-18(28)24-15-6-7-16-17(11-15)27-12-26-16/h3-7,10-11H,1-2,8-9,12H2,(H2,24,25,28). The van der Waals surface area contributed by atoms with Crippen LogP contribution in [0.3, 0.4) is 0 Å². The third-order valence-corrected chi connectivity index (χ3v) is 5.39. The summed E-state index contributed by atoms with van der Waals surface area (Å²) >= 11 is 5.46. The van der Waals surface area contributed by atoms with Gasteiger partial charge in [0.15, 0.2) is 16.6 Å². The lowest BCUT2D eigenvalue weighted by molar-refractivity contribution is -0.137. The molecule has 4 rings (SSSR count). The first-order valence-corrected chi connectivity index (χ1v) is 9.43. The number of fused-ring (bicyclic) bond motifs is 1. The minimum Gasteiger partial charge on any atom is -0.454 e. The van der Waals surface area contributed by atoms with E-state index in [2.05, 4.69) is 10.6 Å². The molecule has 1 aliphatic heterocycles. The van der Waals surface area contributed by atoms with Crippen molar-refractivity contribution in [3.05, 3.63) is 53.6 Å². The summed E-state index contributed by atoms with van der Waals surface area (Å²) in [5, 5.41) is 6.74. The molecule has 148 valence electrons. The molecule has 0 aromatic heterocycles. The van der Waals surface area contributed by atoms with Crippen LogP contribution in [0, 0.1) is 0 Å². The maximum atomic E-state index is 13.2. The molecule has 1 heterocycles. The fraction of sp³-hybridized carbons (Fsp3) is 0.350. The number of hydrogen-bond donors (Lipinski definition) is 2. The second-order valence-corrected chi connectivity index (χ2v) is 7.42. The fourth-order valence-electron chi connectivity index (χ4n) is 3.81. The Bertz CT molecular complexity index is 895. The predicted molar refractivity (Wildman–Crippen MR) is 104 cm³/mol. The van der Waals surface area contributed by atoms with E-state index in [0.717, 1.165) is 37.4 Å². The second kappa shape index (κ2) is 7.16. The molecule has 0 radical (unpaired) electrons. The Morgan fingerprint density at radius 1 is 1.00 bits per heavy atom. The Labute approximate surface area is 166 Å². The Morgan fingerprint density at radius 2 is 1.75 bits per heavy atom. The highest BCUT2D eigenvalue weighted by molar-refractivity contribution is 7.80. The monoisotopic (exact) mass is 408 g/mol. The summed E-state index contributed by atoms with van der Waals surface area (Å²) in [6, 6.07) is 10.9. The van der Waals surface area contributed by atoms with Crippen LogP contribution in [0.2, 0.25) is 0 Å². The Kier molecular flexibility index (Phi) is 4.82. The number of hydrogen-bond acceptors (Lipinski definition) is 3. The number of thiocarbonyl (C=S) groups is 1. The van der Waals surface area contributed by atoms with Gasteiger partial charge in [0.2, 0.25) is 6.79 Å². The van der Waals surface area contributed by atoms with Gasteiger partial charge in [-0.2, -0.15) is 13.2 Å². The third kappa shape index (κ3) is 3.73. The van der Waals surface area contributed by atoms with E-state index in [9.17, 15) is 13.2 Å². The quantitative estimate of drug-likeness (QED) is 0.685. The molecule has 8 heteroatoms. The summed E-state index contributed by atoms with van der Waals surface area (Å²) in [4.78, 5) is 0. The Hall–Kier alpha value is -2.48. The molecule has 0 atom stereocenters. The van der Waals surface area contributed by atoms with Crippen molar-refractivity contribution in [2.75, 3.05) is 12.1 Å². The van der Waals surface area contributed by atoms with E-state index in [1.54, 1.807) is 18.2 Å². The van der Waals surface area contributed by atoms with E-state index < -0.39 is 17.3 Å². The lowest BCUT2D eigenvalue weighted by atomic mass is 9.87. The predicted octanol–water partition coefficient (Wildman–Crippen LogP) is 5.19. The number of alkyl halides is 3. The molecule has 0 amide bonds. The van der Waals surface area contributed by atoms with Crippen LogP contribution in [-0.2, 0) is 11.7 Å². The summed E-state index contributed by atoms with van der Waals surface area (Å²) in [7, 11) is 0. The lowest BCUT2D eigenvalue weighted by Gasteiger charge is -2.33. The maximum Gasteiger partial charge on any atom is 0.416 e. The largest absolute Gasteiger partial charge is 0.454 e. The average molecular weight is 408 g/mol. The molecule has 2 aliphatic rings. The van der Waals surface area contributed by atoms with Crippen molar-refractivity contribution in [1.29, 1.82) is 0 Å². The van der Waals surface area contributed by atoms with Crippen molar-refractivity contribution < 1.29 is 22.6 Å². The minimum atomic E-state index is -4.37. The molecule has 1 fully saturated rings. The number of benzene rings is 2. The zero-order valence-electron chi connectivity index (χ0n) is 14.9. The van der Waals surface area contributed by atoms with Gasteiger partial charge in [-0.1, -0.05) is 25.0 Å². The van der Waals surface area contributed by atoms with Gasteiger partial charge in [0.05, 0.1) is 11.1 Å². The highest BCUT2D eigenvalue weighted by Crippen LogP contribution is 2.41. The minimum absolute atomic E-state index is 0.181. The first-order chi connectivity index (χ1) is 13.4. The van der Waals surface area contributed by atoms with E-state index in [1.165, 1.54) is 12.1 Å². The van der Waals surface area contributed by atoms with Crippen molar-refractivity contribution in [3.63, 3.8) is 0 Å². The Balaban J connectivity index is 1.54. The van der Waals surface area contributed by atoms with E-state index >= 15 is 0 Å². The average Bonchev–Trinajstić information content (AvgIpc) is 3.30. The maximum absolute atomic E-state index is 13.2. The molecule has 1 saturated carbocycles. The van der Waals surface area contributed by atoms with Gasteiger partial charge in [-0.25, -0.2) is 0 Å². The van der Waals surface area contributed by atoms with Crippen LogP contribution >= 0.6 is 12.2 Å². The van der Waals surface area contributed by atoms with Gasteiger partial charge in [-0.3, -0.25) is 0 Å². The number of anilines is 1. The van der Waals surface area contributed by atoms with Gasteiger partial charge in [0.25, 0.3) is 0 Å². The second-order valence-electron chi connectivity index (χ2n) is 7.01. The van der Waals surface area contributed by atoms with Crippen LogP contribution in [-0.4, -0.2) is 11.9 Å². The van der Waals surface area contributed by atoms with Gasteiger partial charge >= 0.3 is 6.18 Å². The van der Waals surface area contributed by atoms with Crippen molar-refractivity contribution in [2.45, 2.75) is 37.4 Å². The van der Waals surface area contributed by atoms with Crippen LogP contribution in [0.1, 0.15) is 36.8 Å². The van der Waals surface area contributed by atoms with E-state index in [0.29, 0.717) is 22.2 Å². The molecule has 2 aromatic carbocycles. The SMILES string of the molecule is FC(F)(F)c1cccc(C2(NC(=S)Nc3ccc4c(c3)OCO4)CCCC2)c1. The van der Waals surface area contributed by atoms with Crippen molar-refractivity contribution in [2.24, 2.45) is 0 Å². The number of ether oxygens (including phenoxy) is 2. The van der Waals surface area contributed by atoms with Gasteiger partial charge in [-0.15, -0.1) is 0 Å². The zero-order valence-corrected chi connectivity index (χ0v) is 15.8.